The van der Waals surface area contributed by atoms with Crippen molar-refractivity contribution in [2.24, 2.45) is 0 Å². The van der Waals surface area contributed by atoms with Gasteiger partial charge in [-0.05, 0) is 37.8 Å². The monoisotopic (exact) mass is 392 g/mol. The van der Waals surface area contributed by atoms with Crippen molar-refractivity contribution in [1.82, 2.24) is 9.62 Å². The lowest BCUT2D eigenvalue weighted by Crippen LogP contribution is -2.57. The Morgan fingerprint density at radius 3 is 2.84 bits per heavy atom. The first kappa shape index (κ1) is 19.9. The summed E-state index contributed by atoms with van der Waals surface area (Å²) in [7, 11) is -3.48. The summed E-state index contributed by atoms with van der Waals surface area (Å²) in [5, 5.41) is -0.0105. The number of carbonyl (C=O) groups excluding carboxylic acids is 1. The average Bonchev–Trinajstić information content (AvgIpc) is 2.52. The zero-order valence-electron chi connectivity index (χ0n) is 14.2. The molecule has 0 radical (unpaired) electrons. The van der Waals surface area contributed by atoms with Gasteiger partial charge in [0.25, 0.3) is 0 Å². The van der Waals surface area contributed by atoms with Gasteiger partial charge in [-0.15, -0.1) is 0 Å². The van der Waals surface area contributed by atoms with Crippen LogP contribution in [-0.2, 0) is 21.2 Å². The van der Waals surface area contributed by atoms with Crippen LogP contribution >= 0.6 is 11.6 Å². The number of sulfonamides is 1. The molecule has 1 aliphatic rings. The highest BCUT2D eigenvalue weighted by Crippen LogP contribution is 2.26. The number of nitrogens with one attached hydrogen (secondary N) is 1. The summed E-state index contributed by atoms with van der Waals surface area (Å²) < 4.78 is 45.3. The van der Waals surface area contributed by atoms with Gasteiger partial charge in [-0.1, -0.05) is 23.7 Å². The van der Waals surface area contributed by atoms with E-state index >= 15 is 0 Å². The van der Waals surface area contributed by atoms with E-state index in [9.17, 15) is 17.6 Å². The number of hydrogen-bond acceptors (Lipinski definition) is 4. The summed E-state index contributed by atoms with van der Waals surface area (Å²) in [6.45, 7) is 2.32. The minimum atomic E-state index is -3.48. The molecule has 1 N–H and O–H groups in total. The maximum atomic E-state index is 14.3. The Hall–Kier alpha value is -1.38. The Labute approximate surface area is 152 Å². The van der Waals surface area contributed by atoms with Crippen LogP contribution in [0.15, 0.2) is 18.2 Å². The lowest BCUT2D eigenvalue weighted by atomic mass is 9.91. The van der Waals surface area contributed by atoms with Gasteiger partial charge in [-0.3, -0.25) is 0 Å². The number of piperidine rings is 1. The molecule has 0 spiro atoms. The summed E-state index contributed by atoms with van der Waals surface area (Å²) in [4.78, 5) is 13.7. The van der Waals surface area contributed by atoms with Crippen LogP contribution in [0.4, 0.5) is 9.18 Å². The van der Waals surface area contributed by atoms with Gasteiger partial charge in [0, 0.05) is 12.6 Å². The first-order chi connectivity index (χ1) is 11.7. The van der Waals surface area contributed by atoms with E-state index in [1.54, 1.807) is 19.1 Å². The minimum Gasteiger partial charge on any atom is -0.450 e. The van der Waals surface area contributed by atoms with Crippen molar-refractivity contribution >= 4 is 27.7 Å². The molecular weight excluding hydrogens is 371 g/mol. The second kappa shape index (κ2) is 8.33. The van der Waals surface area contributed by atoms with Gasteiger partial charge in [-0.25, -0.2) is 22.3 Å². The molecule has 6 nitrogen and oxygen atoms in total. The van der Waals surface area contributed by atoms with Crippen molar-refractivity contribution in [3.05, 3.63) is 34.6 Å². The zero-order valence-corrected chi connectivity index (χ0v) is 15.7. The molecule has 2 rings (SSSR count). The van der Waals surface area contributed by atoms with Gasteiger partial charge in [0.1, 0.15) is 5.82 Å². The second-order valence-corrected chi connectivity index (χ2v) is 8.20. The number of hydrogen-bond donors (Lipinski definition) is 1. The van der Waals surface area contributed by atoms with E-state index in [4.69, 9.17) is 16.3 Å². The summed E-state index contributed by atoms with van der Waals surface area (Å²) in [6.07, 6.45) is 1.84. The van der Waals surface area contributed by atoms with Crippen LogP contribution in [0.2, 0.25) is 5.02 Å². The lowest BCUT2D eigenvalue weighted by molar-refractivity contribution is 0.0676. The van der Waals surface area contributed by atoms with Gasteiger partial charge in [-0.2, -0.15) is 0 Å². The number of amides is 1. The molecule has 1 amide bonds. The van der Waals surface area contributed by atoms with E-state index < -0.39 is 34.0 Å². The Bertz CT molecular complexity index is 729. The van der Waals surface area contributed by atoms with E-state index in [2.05, 4.69) is 4.72 Å². The van der Waals surface area contributed by atoms with Crippen LogP contribution in [0.1, 0.15) is 25.3 Å². The van der Waals surface area contributed by atoms with Gasteiger partial charge >= 0.3 is 6.09 Å². The zero-order chi connectivity index (χ0) is 18.6. The van der Waals surface area contributed by atoms with E-state index in [0.717, 1.165) is 6.26 Å². The fourth-order valence-electron chi connectivity index (χ4n) is 3.09. The van der Waals surface area contributed by atoms with Crippen molar-refractivity contribution in [3.8, 4) is 0 Å². The normalized spacial score (nSPS) is 21.2. The topological polar surface area (TPSA) is 75.7 Å². The highest BCUT2D eigenvalue weighted by molar-refractivity contribution is 7.88. The minimum absolute atomic E-state index is 0.0105. The molecule has 1 aromatic rings. The molecule has 9 heteroatoms. The number of rotatable bonds is 5. The number of ether oxygens (including phenoxy) is 1. The van der Waals surface area contributed by atoms with Gasteiger partial charge in [0.15, 0.2) is 0 Å². The first-order valence-corrected chi connectivity index (χ1v) is 10.3. The van der Waals surface area contributed by atoms with Gasteiger partial charge < -0.3 is 9.64 Å². The van der Waals surface area contributed by atoms with Crippen molar-refractivity contribution in [3.63, 3.8) is 0 Å². The SMILES string of the molecule is CCOC(=O)N1CCC[C@H](NS(C)(=O)=O)[C@@H]1Cc1cccc(Cl)c1F. The molecule has 1 aromatic carbocycles. The lowest BCUT2D eigenvalue weighted by Gasteiger charge is -2.40. The predicted molar refractivity (Wildman–Crippen MR) is 93.6 cm³/mol. The maximum absolute atomic E-state index is 14.3. The molecule has 0 saturated carbocycles. The summed E-state index contributed by atoms with van der Waals surface area (Å²) in [5.41, 5.74) is 0.328. The molecule has 1 aliphatic heterocycles. The highest BCUT2D eigenvalue weighted by atomic mass is 35.5. The number of benzene rings is 1. The quantitative estimate of drug-likeness (QED) is 0.835. The van der Waals surface area contributed by atoms with E-state index in [1.807, 2.05) is 0 Å². The van der Waals surface area contributed by atoms with Crippen LogP contribution in [0.25, 0.3) is 0 Å². The van der Waals surface area contributed by atoms with Crippen LogP contribution in [-0.4, -0.2) is 50.9 Å². The molecule has 1 heterocycles. The fourth-order valence-corrected chi connectivity index (χ4v) is 4.11. The third-order valence-corrected chi connectivity index (χ3v) is 5.13. The number of nitrogens with zero attached hydrogens (tertiary/aromatic N) is 1. The Kier molecular flexibility index (Phi) is 6.65. The van der Waals surface area contributed by atoms with E-state index in [0.29, 0.717) is 24.9 Å². The van der Waals surface area contributed by atoms with E-state index in [-0.39, 0.29) is 18.1 Å². The Morgan fingerprint density at radius 1 is 1.48 bits per heavy atom. The second-order valence-electron chi connectivity index (χ2n) is 6.02. The molecule has 2 atom stereocenters. The summed E-state index contributed by atoms with van der Waals surface area (Å²) >= 11 is 5.83. The fraction of sp³-hybridized carbons (Fsp3) is 0.562. The molecule has 1 saturated heterocycles. The standard InChI is InChI=1S/C16H22ClFN2O4S/c1-3-24-16(21)20-9-5-8-13(19-25(2,22)23)14(20)10-11-6-4-7-12(17)15(11)18/h4,6-7,13-14,19H,3,5,8-10H2,1-2H3/t13-,14-/m0/s1. The third-order valence-electron chi connectivity index (χ3n) is 4.11. The average molecular weight is 393 g/mol. The van der Waals surface area contributed by atoms with Crippen LogP contribution in [0, 0.1) is 5.82 Å². The molecular formula is C16H22ClFN2O4S. The number of halogens is 2. The van der Waals surface area contributed by atoms with Gasteiger partial charge in [0.05, 0.1) is 23.9 Å². The predicted octanol–water partition coefficient (Wildman–Crippen LogP) is 2.56. The molecule has 140 valence electrons. The van der Waals surface area contributed by atoms with Crippen LogP contribution in [0.5, 0.6) is 0 Å². The van der Waals surface area contributed by atoms with Crippen molar-refractivity contribution in [2.75, 3.05) is 19.4 Å². The van der Waals surface area contributed by atoms with Crippen molar-refractivity contribution in [2.45, 2.75) is 38.3 Å². The Balaban J connectivity index is 2.33. The maximum Gasteiger partial charge on any atom is 0.410 e. The first-order valence-electron chi connectivity index (χ1n) is 8.06. The molecule has 25 heavy (non-hydrogen) atoms. The highest BCUT2D eigenvalue weighted by Gasteiger charge is 2.37. The smallest absolute Gasteiger partial charge is 0.410 e. The van der Waals surface area contributed by atoms with Crippen LogP contribution < -0.4 is 4.72 Å². The molecule has 0 aromatic heterocycles. The van der Waals surface area contributed by atoms with Crippen LogP contribution in [0.3, 0.4) is 0 Å². The van der Waals surface area contributed by atoms with Crippen molar-refractivity contribution < 1.29 is 22.3 Å². The molecule has 0 bridgehead atoms. The molecule has 1 fully saturated rings. The largest absolute Gasteiger partial charge is 0.450 e. The number of likely N-dealkylation sites (tertiary alicyclic amines) is 1. The molecule has 0 unspecified atom stereocenters. The van der Waals surface area contributed by atoms with E-state index in [1.165, 1.54) is 11.0 Å². The summed E-state index contributed by atoms with van der Waals surface area (Å²) in [6, 6.07) is 3.56. The third kappa shape index (κ3) is 5.29. The Morgan fingerprint density at radius 2 is 2.20 bits per heavy atom. The van der Waals surface area contributed by atoms with Crippen molar-refractivity contribution in [1.29, 1.82) is 0 Å². The summed E-state index contributed by atoms with van der Waals surface area (Å²) in [5.74, 6) is -0.559. The number of carbonyl (C=O) groups is 1. The molecule has 0 aliphatic carbocycles. The van der Waals surface area contributed by atoms with Gasteiger partial charge in [0.2, 0.25) is 10.0 Å².